The highest BCUT2D eigenvalue weighted by atomic mass is 16.6. The molecule has 0 radical (unpaired) electrons. The third-order valence-electron chi connectivity index (χ3n) is 3.99. The Bertz CT molecular complexity index is 547. The van der Waals surface area contributed by atoms with Crippen LogP contribution in [0.15, 0.2) is 18.2 Å². The molecular weight excluding hydrogens is 352 g/mol. The first-order valence-corrected chi connectivity index (χ1v) is 9.36. The van der Waals surface area contributed by atoms with Crippen LogP contribution in [0.2, 0.25) is 0 Å². The molecule has 1 heterocycles. The first-order chi connectivity index (χ1) is 13.3. The minimum Gasteiger partial charge on any atom is -0.377 e. The Morgan fingerprint density at radius 2 is 1.04 bits per heavy atom. The molecule has 7 heteroatoms. The molecule has 7 nitrogen and oxygen atoms in total. The Balaban J connectivity index is 1.88. The quantitative estimate of drug-likeness (QED) is 0.688. The van der Waals surface area contributed by atoms with Crippen LogP contribution in [0.25, 0.3) is 0 Å². The summed E-state index contributed by atoms with van der Waals surface area (Å²) in [6, 6.07) is 5.61. The van der Waals surface area contributed by atoms with Crippen molar-refractivity contribution < 1.29 is 33.2 Å². The van der Waals surface area contributed by atoms with Crippen molar-refractivity contribution in [1.29, 1.82) is 0 Å². The number of benzene rings is 1. The highest BCUT2D eigenvalue weighted by Crippen LogP contribution is 2.15. The van der Waals surface area contributed by atoms with Crippen LogP contribution in [-0.2, 0) is 41.6 Å². The van der Waals surface area contributed by atoms with Crippen LogP contribution in [0.5, 0.6) is 0 Å². The summed E-state index contributed by atoms with van der Waals surface area (Å²) >= 11 is 0. The summed E-state index contributed by atoms with van der Waals surface area (Å²) in [5, 5.41) is 0. The van der Waals surface area contributed by atoms with Crippen molar-refractivity contribution in [3.05, 3.63) is 34.9 Å². The van der Waals surface area contributed by atoms with Gasteiger partial charge in [-0.25, -0.2) is 0 Å². The normalized spacial score (nSPS) is 19.7. The maximum atomic E-state index is 11.6. The van der Waals surface area contributed by atoms with E-state index in [0.717, 1.165) is 11.1 Å². The molecule has 1 aliphatic rings. The van der Waals surface area contributed by atoms with E-state index in [0.29, 0.717) is 84.8 Å². The van der Waals surface area contributed by atoms with Gasteiger partial charge in [0.2, 0.25) is 0 Å². The molecule has 2 rings (SSSR count). The second-order valence-electron chi connectivity index (χ2n) is 6.09. The van der Waals surface area contributed by atoms with Gasteiger partial charge < -0.3 is 28.4 Å². The van der Waals surface area contributed by atoms with Gasteiger partial charge in [0, 0.05) is 5.56 Å². The smallest absolute Gasteiger partial charge is 0.159 e. The Kier molecular flexibility index (Phi) is 11.2. The molecule has 152 valence electrons. The maximum Gasteiger partial charge on any atom is 0.159 e. The SMILES string of the molecule is CC(=O)c1ccc2c(c1)COCCOCCOCCOCCOCCOC2. The van der Waals surface area contributed by atoms with Gasteiger partial charge in [0.1, 0.15) is 0 Å². The average molecular weight is 382 g/mol. The number of hydrogen-bond acceptors (Lipinski definition) is 7. The van der Waals surface area contributed by atoms with Crippen LogP contribution in [0.1, 0.15) is 28.4 Å². The minimum absolute atomic E-state index is 0.0316. The van der Waals surface area contributed by atoms with Crippen LogP contribution >= 0.6 is 0 Å². The van der Waals surface area contributed by atoms with Crippen LogP contribution in [0, 0.1) is 0 Å². The van der Waals surface area contributed by atoms with Gasteiger partial charge in [-0.05, 0) is 24.1 Å². The van der Waals surface area contributed by atoms with Crippen molar-refractivity contribution in [1.82, 2.24) is 0 Å². The largest absolute Gasteiger partial charge is 0.377 e. The topological polar surface area (TPSA) is 72.5 Å². The highest BCUT2D eigenvalue weighted by Gasteiger charge is 2.08. The molecule has 0 aromatic heterocycles. The van der Waals surface area contributed by atoms with E-state index in [9.17, 15) is 4.79 Å². The van der Waals surface area contributed by atoms with Gasteiger partial charge in [-0.3, -0.25) is 4.79 Å². The van der Waals surface area contributed by atoms with Crippen LogP contribution in [-0.4, -0.2) is 71.9 Å². The zero-order valence-electron chi connectivity index (χ0n) is 16.1. The lowest BCUT2D eigenvalue weighted by atomic mass is 10.0. The van der Waals surface area contributed by atoms with Crippen molar-refractivity contribution >= 4 is 5.78 Å². The minimum atomic E-state index is 0.0316. The lowest BCUT2D eigenvalue weighted by Crippen LogP contribution is -2.14. The third kappa shape index (κ3) is 9.41. The molecule has 0 fully saturated rings. The third-order valence-corrected chi connectivity index (χ3v) is 3.99. The summed E-state index contributed by atoms with van der Waals surface area (Å²) in [4.78, 5) is 11.6. The predicted octanol–water partition coefficient (Wildman–Crippen LogP) is 2.00. The second-order valence-corrected chi connectivity index (χ2v) is 6.09. The number of Topliss-reactive ketones (excluding diaryl/α,β-unsaturated/α-hetero) is 1. The monoisotopic (exact) mass is 382 g/mol. The van der Waals surface area contributed by atoms with Gasteiger partial charge in [-0.15, -0.1) is 0 Å². The van der Waals surface area contributed by atoms with Gasteiger partial charge in [0.15, 0.2) is 5.78 Å². The first kappa shape index (κ1) is 21.9. The van der Waals surface area contributed by atoms with E-state index >= 15 is 0 Å². The molecule has 0 spiro atoms. The summed E-state index contributed by atoms with van der Waals surface area (Å²) in [6.07, 6.45) is 0. The molecule has 0 N–H and O–H groups in total. The molecule has 27 heavy (non-hydrogen) atoms. The number of hydrogen-bond donors (Lipinski definition) is 0. The average Bonchev–Trinajstić information content (AvgIpc) is 2.66. The number of carbonyl (C=O) groups is 1. The summed E-state index contributed by atoms with van der Waals surface area (Å²) in [5.74, 6) is 0.0316. The molecule has 0 amide bonds. The fourth-order valence-electron chi connectivity index (χ4n) is 2.48. The Labute approximate surface area is 160 Å². The van der Waals surface area contributed by atoms with Crippen molar-refractivity contribution in [3.63, 3.8) is 0 Å². The summed E-state index contributed by atoms with van der Waals surface area (Å²) < 4.78 is 33.2. The standard InChI is InChI=1S/C20H30O7/c1-17(21)18-2-3-19-15-26-12-10-24-8-6-22-4-5-23-7-9-25-11-13-27-16-20(19)14-18/h2-3,14H,4-13,15-16H2,1H3. The first-order valence-electron chi connectivity index (χ1n) is 9.36. The lowest BCUT2D eigenvalue weighted by molar-refractivity contribution is -0.0202. The Hall–Kier alpha value is -1.35. The summed E-state index contributed by atoms with van der Waals surface area (Å²) in [7, 11) is 0. The highest BCUT2D eigenvalue weighted by molar-refractivity contribution is 5.94. The molecule has 1 aliphatic heterocycles. The number of ether oxygens (including phenoxy) is 6. The summed E-state index contributed by atoms with van der Waals surface area (Å²) in [6.45, 7) is 7.58. The van der Waals surface area contributed by atoms with Gasteiger partial charge in [-0.2, -0.15) is 0 Å². The number of fused-ring (bicyclic) bond motifs is 1. The van der Waals surface area contributed by atoms with E-state index in [1.54, 1.807) is 6.92 Å². The molecule has 0 aliphatic carbocycles. The van der Waals surface area contributed by atoms with Crippen LogP contribution in [0.3, 0.4) is 0 Å². The van der Waals surface area contributed by atoms with E-state index in [4.69, 9.17) is 28.4 Å². The van der Waals surface area contributed by atoms with E-state index < -0.39 is 0 Å². The molecule has 1 aromatic carbocycles. The maximum absolute atomic E-state index is 11.6. The van der Waals surface area contributed by atoms with Gasteiger partial charge in [-0.1, -0.05) is 12.1 Å². The molecule has 0 saturated carbocycles. The Morgan fingerprint density at radius 3 is 1.48 bits per heavy atom. The molecule has 0 bridgehead atoms. The van der Waals surface area contributed by atoms with Crippen LogP contribution in [0.4, 0.5) is 0 Å². The van der Waals surface area contributed by atoms with Crippen molar-refractivity contribution in [2.75, 3.05) is 66.1 Å². The molecule has 0 saturated heterocycles. The molecule has 0 unspecified atom stereocenters. The fraction of sp³-hybridized carbons (Fsp3) is 0.650. The second kappa shape index (κ2) is 13.8. The zero-order valence-corrected chi connectivity index (χ0v) is 16.1. The van der Waals surface area contributed by atoms with Gasteiger partial charge >= 0.3 is 0 Å². The number of rotatable bonds is 1. The Morgan fingerprint density at radius 1 is 0.630 bits per heavy atom. The van der Waals surface area contributed by atoms with E-state index in [2.05, 4.69) is 0 Å². The van der Waals surface area contributed by atoms with Gasteiger partial charge in [0.05, 0.1) is 79.3 Å². The summed E-state index contributed by atoms with van der Waals surface area (Å²) in [5.41, 5.74) is 2.63. The van der Waals surface area contributed by atoms with E-state index in [-0.39, 0.29) is 5.78 Å². The fourth-order valence-corrected chi connectivity index (χ4v) is 2.48. The van der Waals surface area contributed by atoms with E-state index in [1.807, 2.05) is 18.2 Å². The molecular formula is C20H30O7. The predicted molar refractivity (Wildman–Crippen MR) is 99.0 cm³/mol. The van der Waals surface area contributed by atoms with Crippen molar-refractivity contribution in [2.45, 2.75) is 20.1 Å². The molecule has 1 aromatic rings. The van der Waals surface area contributed by atoms with E-state index in [1.165, 1.54) is 0 Å². The number of ketones is 1. The number of carbonyl (C=O) groups excluding carboxylic acids is 1. The van der Waals surface area contributed by atoms with Crippen molar-refractivity contribution in [3.8, 4) is 0 Å². The van der Waals surface area contributed by atoms with Crippen LogP contribution < -0.4 is 0 Å². The van der Waals surface area contributed by atoms with Gasteiger partial charge in [0.25, 0.3) is 0 Å². The molecule has 0 atom stereocenters. The zero-order chi connectivity index (χ0) is 19.2. The van der Waals surface area contributed by atoms with Crippen molar-refractivity contribution in [2.24, 2.45) is 0 Å². The lowest BCUT2D eigenvalue weighted by Gasteiger charge is -2.13.